The first-order valence-corrected chi connectivity index (χ1v) is 9.18. The Balaban J connectivity index is 1.60. The maximum atomic E-state index is 13.1. The van der Waals surface area contributed by atoms with Crippen molar-refractivity contribution < 1.29 is 18.8 Å². The summed E-state index contributed by atoms with van der Waals surface area (Å²) in [4.78, 5) is 37.9. The molecule has 2 aromatic carbocycles. The number of anilines is 1. The molecule has 142 valence electrons. The molecule has 6 heteroatoms. The Morgan fingerprint density at radius 2 is 1.68 bits per heavy atom. The minimum atomic E-state index is -0.835. The molecular formula is C22H19FN2O3. The van der Waals surface area contributed by atoms with Crippen LogP contribution in [0.1, 0.15) is 30.7 Å². The smallest absolute Gasteiger partial charge is 0.232 e. The van der Waals surface area contributed by atoms with E-state index in [0.29, 0.717) is 29.8 Å². The van der Waals surface area contributed by atoms with Crippen LogP contribution in [0.25, 0.3) is 0 Å². The van der Waals surface area contributed by atoms with Gasteiger partial charge in [-0.15, -0.1) is 0 Å². The molecule has 1 aliphatic carbocycles. The fourth-order valence-corrected chi connectivity index (χ4v) is 3.91. The van der Waals surface area contributed by atoms with E-state index in [0.717, 1.165) is 5.56 Å². The first-order valence-electron chi connectivity index (χ1n) is 9.18. The number of carbonyl (C=O) groups excluding carboxylic acids is 3. The minimum absolute atomic E-state index is 0.0216. The van der Waals surface area contributed by atoms with Crippen LogP contribution in [0.15, 0.2) is 65.9 Å². The van der Waals surface area contributed by atoms with Crippen LogP contribution in [0.5, 0.6) is 0 Å². The Labute approximate surface area is 161 Å². The molecule has 0 radical (unpaired) electrons. The highest BCUT2D eigenvalue weighted by molar-refractivity contribution is 6.09. The summed E-state index contributed by atoms with van der Waals surface area (Å²) >= 11 is 0. The van der Waals surface area contributed by atoms with Gasteiger partial charge in [-0.05, 0) is 42.2 Å². The first-order chi connectivity index (χ1) is 13.5. The van der Waals surface area contributed by atoms with Crippen molar-refractivity contribution in [3.05, 3.63) is 77.2 Å². The second-order valence-electron chi connectivity index (χ2n) is 7.13. The number of rotatable bonds is 3. The molecule has 2 atom stereocenters. The van der Waals surface area contributed by atoms with E-state index in [1.165, 1.54) is 24.3 Å². The van der Waals surface area contributed by atoms with E-state index in [1.807, 2.05) is 30.3 Å². The molecule has 28 heavy (non-hydrogen) atoms. The van der Waals surface area contributed by atoms with Gasteiger partial charge in [0.1, 0.15) is 5.82 Å². The normalized spacial score (nSPS) is 21.8. The van der Waals surface area contributed by atoms with Gasteiger partial charge in [-0.2, -0.15) is 0 Å². The molecule has 2 aromatic rings. The maximum Gasteiger partial charge on any atom is 0.232 e. The van der Waals surface area contributed by atoms with E-state index in [4.69, 9.17) is 0 Å². The maximum absolute atomic E-state index is 13.1. The number of benzene rings is 2. The van der Waals surface area contributed by atoms with Gasteiger partial charge in [0.05, 0.1) is 5.92 Å². The Bertz CT molecular complexity index is 967. The molecule has 0 fully saturated rings. The Hall–Kier alpha value is -3.28. The van der Waals surface area contributed by atoms with Gasteiger partial charge in [0, 0.05) is 29.8 Å². The molecule has 0 saturated heterocycles. The zero-order chi connectivity index (χ0) is 19.7. The molecule has 0 saturated carbocycles. The molecule has 2 N–H and O–H groups in total. The van der Waals surface area contributed by atoms with Gasteiger partial charge in [-0.3, -0.25) is 14.4 Å². The predicted octanol–water partition coefficient (Wildman–Crippen LogP) is 3.30. The van der Waals surface area contributed by atoms with E-state index in [1.54, 1.807) is 0 Å². The van der Waals surface area contributed by atoms with E-state index >= 15 is 0 Å². The highest BCUT2D eigenvalue weighted by Gasteiger charge is 2.40. The summed E-state index contributed by atoms with van der Waals surface area (Å²) < 4.78 is 13.1. The number of carbonyl (C=O) groups is 3. The van der Waals surface area contributed by atoms with Crippen molar-refractivity contribution in [2.24, 2.45) is 5.92 Å². The summed E-state index contributed by atoms with van der Waals surface area (Å²) in [6, 6.07) is 15.0. The summed E-state index contributed by atoms with van der Waals surface area (Å²) in [6.45, 7) is 0. The molecule has 1 aliphatic heterocycles. The molecular weight excluding hydrogens is 359 g/mol. The second-order valence-corrected chi connectivity index (χ2v) is 7.13. The zero-order valence-corrected chi connectivity index (χ0v) is 15.1. The standard InChI is InChI=1S/C22H19FN2O3/c23-15-6-8-16(9-7-15)24-22(28)17-12-20(27)25-18-10-14(11-19(26)21(17)18)13-4-2-1-3-5-13/h1-9,14,17H,10-12H2,(H,24,28)(H,25,27). The van der Waals surface area contributed by atoms with Crippen molar-refractivity contribution in [2.45, 2.75) is 25.2 Å². The molecule has 0 spiro atoms. The van der Waals surface area contributed by atoms with Crippen LogP contribution in [0, 0.1) is 11.7 Å². The van der Waals surface area contributed by atoms with Crippen LogP contribution < -0.4 is 10.6 Å². The van der Waals surface area contributed by atoms with Crippen LogP contribution in [0.3, 0.4) is 0 Å². The number of hydrogen-bond donors (Lipinski definition) is 2. The van der Waals surface area contributed by atoms with E-state index in [9.17, 15) is 18.8 Å². The van der Waals surface area contributed by atoms with Crippen LogP contribution >= 0.6 is 0 Å². The lowest BCUT2D eigenvalue weighted by Gasteiger charge is -2.33. The van der Waals surface area contributed by atoms with E-state index in [2.05, 4.69) is 10.6 Å². The lowest BCUT2D eigenvalue weighted by Crippen LogP contribution is -2.43. The SMILES string of the molecule is O=C1CC(C(=O)Nc2ccc(F)cc2)C2=C(CC(c3ccccc3)CC2=O)N1. The van der Waals surface area contributed by atoms with Crippen LogP contribution in [0.4, 0.5) is 10.1 Å². The van der Waals surface area contributed by atoms with Crippen molar-refractivity contribution in [2.75, 3.05) is 5.32 Å². The van der Waals surface area contributed by atoms with Crippen LogP contribution in [-0.2, 0) is 14.4 Å². The van der Waals surface area contributed by atoms with Gasteiger partial charge in [0.2, 0.25) is 11.8 Å². The minimum Gasteiger partial charge on any atom is -0.329 e. The molecule has 0 bridgehead atoms. The topological polar surface area (TPSA) is 75.3 Å². The molecule has 2 unspecified atom stereocenters. The Kier molecular flexibility index (Phi) is 4.77. The number of hydrogen-bond acceptors (Lipinski definition) is 3. The molecule has 4 rings (SSSR count). The van der Waals surface area contributed by atoms with E-state index < -0.39 is 17.6 Å². The van der Waals surface area contributed by atoms with Crippen molar-refractivity contribution in [3.8, 4) is 0 Å². The molecule has 1 heterocycles. The van der Waals surface area contributed by atoms with Crippen molar-refractivity contribution >= 4 is 23.3 Å². The van der Waals surface area contributed by atoms with Crippen LogP contribution in [-0.4, -0.2) is 17.6 Å². The predicted molar refractivity (Wildman–Crippen MR) is 102 cm³/mol. The molecule has 2 aliphatic rings. The molecule has 2 amide bonds. The van der Waals surface area contributed by atoms with Crippen molar-refractivity contribution in [3.63, 3.8) is 0 Å². The third-order valence-electron chi connectivity index (χ3n) is 5.24. The van der Waals surface area contributed by atoms with Gasteiger partial charge in [-0.25, -0.2) is 4.39 Å². The number of allylic oxidation sites excluding steroid dienone is 1. The van der Waals surface area contributed by atoms with Gasteiger partial charge in [0.25, 0.3) is 0 Å². The van der Waals surface area contributed by atoms with Gasteiger partial charge < -0.3 is 10.6 Å². The van der Waals surface area contributed by atoms with Crippen molar-refractivity contribution in [1.29, 1.82) is 0 Å². The quantitative estimate of drug-likeness (QED) is 0.861. The number of amides is 2. The fourth-order valence-electron chi connectivity index (χ4n) is 3.91. The molecule has 0 aromatic heterocycles. The summed E-state index contributed by atoms with van der Waals surface area (Å²) in [5, 5.41) is 5.48. The number of halogens is 1. The first kappa shape index (κ1) is 18.1. The van der Waals surface area contributed by atoms with Gasteiger partial charge in [0.15, 0.2) is 5.78 Å². The average molecular weight is 378 g/mol. The Morgan fingerprint density at radius 1 is 0.964 bits per heavy atom. The van der Waals surface area contributed by atoms with Gasteiger partial charge in [-0.1, -0.05) is 30.3 Å². The lowest BCUT2D eigenvalue weighted by molar-refractivity contribution is -0.129. The van der Waals surface area contributed by atoms with Crippen LogP contribution in [0.2, 0.25) is 0 Å². The third-order valence-corrected chi connectivity index (χ3v) is 5.24. The number of Topliss-reactive ketones (excluding diaryl/α,β-unsaturated/α-hetero) is 1. The summed E-state index contributed by atoms with van der Waals surface area (Å²) in [5.74, 6) is -2.09. The second kappa shape index (κ2) is 7.38. The monoisotopic (exact) mass is 378 g/mol. The zero-order valence-electron chi connectivity index (χ0n) is 15.1. The summed E-state index contributed by atoms with van der Waals surface area (Å²) in [5.41, 5.74) is 2.39. The van der Waals surface area contributed by atoms with Crippen molar-refractivity contribution in [1.82, 2.24) is 5.32 Å². The highest BCUT2D eigenvalue weighted by Crippen LogP contribution is 2.39. The highest BCUT2D eigenvalue weighted by atomic mass is 19.1. The van der Waals surface area contributed by atoms with E-state index in [-0.39, 0.29) is 24.0 Å². The number of nitrogens with one attached hydrogen (secondary N) is 2. The largest absolute Gasteiger partial charge is 0.329 e. The molecule has 5 nitrogen and oxygen atoms in total. The summed E-state index contributed by atoms with van der Waals surface area (Å²) in [7, 11) is 0. The van der Waals surface area contributed by atoms with Gasteiger partial charge >= 0.3 is 0 Å². The number of ketones is 1. The third kappa shape index (κ3) is 3.58. The fraction of sp³-hybridized carbons (Fsp3) is 0.227. The summed E-state index contributed by atoms with van der Waals surface area (Å²) in [6.07, 6.45) is 0.740. The Morgan fingerprint density at radius 3 is 2.39 bits per heavy atom. The average Bonchev–Trinajstić information content (AvgIpc) is 2.69. The lowest BCUT2D eigenvalue weighted by atomic mass is 9.75.